The minimum atomic E-state index is -0.881. The Bertz CT molecular complexity index is 1420. The number of nitrogens with two attached hydrogens (primary N) is 1. The lowest BCUT2D eigenvalue weighted by Gasteiger charge is -2.18. The van der Waals surface area contributed by atoms with Crippen LogP contribution in [0.4, 0.5) is 5.69 Å². The van der Waals surface area contributed by atoms with Gasteiger partial charge in [-0.15, -0.1) is 5.10 Å². The fourth-order valence-electron chi connectivity index (χ4n) is 3.53. The van der Waals surface area contributed by atoms with E-state index in [1.165, 1.54) is 29.2 Å². The molecule has 1 heterocycles. The number of carbonyl (C=O) groups excluding carboxylic acids is 3. The SMILES string of the molecule is NC(=O)c1ccc(NC(=O)C(Cc2ccccc2)NC(=O)/C=C/c2cc(Cl)ccc2-n2cnnn2)cc1. The van der Waals surface area contributed by atoms with Gasteiger partial charge in [-0.3, -0.25) is 14.4 Å². The molecule has 10 nitrogen and oxygen atoms in total. The molecule has 11 heteroatoms. The smallest absolute Gasteiger partial charge is 0.248 e. The van der Waals surface area contributed by atoms with Crippen LogP contribution in [0.25, 0.3) is 11.8 Å². The Labute approximate surface area is 217 Å². The van der Waals surface area contributed by atoms with Gasteiger partial charge in [-0.05, 0) is 64.5 Å². The van der Waals surface area contributed by atoms with Crippen molar-refractivity contribution in [2.75, 3.05) is 5.32 Å². The Kier molecular flexibility index (Phi) is 8.01. The van der Waals surface area contributed by atoms with Gasteiger partial charge in [0.1, 0.15) is 12.4 Å². The second-order valence-electron chi connectivity index (χ2n) is 7.97. The summed E-state index contributed by atoms with van der Waals surface area (Å²) < 4.78 is 1.45. The molecule has 37 heavy (non-hydrogen) atoms. The topological polar surface area (TPSA) is 145 Å². The molecule has 1 aromatic heterocycles. The van der Waals surface area contributed by atoms with Crippen molar-refractivity contribution in [3.8, 4) is 5.69 Å². The summed E-state index contributed by atoms with van der Waals surface area (Å²) in [5.74, 6) is -1.47. The van der Waals surface area contributed by atoms with Crippen molar-refractivity contribution in [1.82, 2.24) is 25.5 Å². The van der Waals surface area contributed by atoms with Gasteiger partial charge in [0.15, 0.2) is 0 Å². The maximum absolute atomic E-state index is 13.1. The molecule has 3 aromatic carbocycles. The van der Waals surface area contributed by atoms with E-state index >= 15 is 0 Å². The Hall–Kier alpha value is -4.83. The second-order valence-corrected chi connectivity index (χ2v) is 8.41. The first kappa shape index (κ1) is 25.3. The van der Waals surface area contributed by atoms with Crippen LogP contribution in [-0.4, -0.2) is 44.0 Å². The Morgan fingerprint density at radius 3 is 2.46 bits per heavy atom. The van der Waals surface area contributed by atoms with E-state index in [0.717, 1.165) is 5.56 Å². The van der Waals surface area contributed by atoms with Gasteiger partial charge in [-0.2, -0.15) is 4.68 Å². The van der Waals surface area contributed by atoms with Crippen molar-refractivity contribution in [2.45, 2.75) is 12.5 Å². The number of anilines is 1. The Balaban J connectivity index is 1.51. The second kappa shape index (κ2) is 11.7. The number of amides is 3. The van der Waals surface area contributed by atoms with Crippen LogP contribution >= 0.6 is 11.6 Å². The molecule has 186 valence electrons. The van der Waals surface area contributed by atoms with Gasteiger partial charge < -0.3 is 16.4 Å². The third-order valence-electron chi connectivity index (χ3n) is 5.35. The van der Waals surface area contributed by atoms with Crippen molar-refractivity contribution in [2.24, 2.45) is 5.73 Å². The van der Waals surface area contributed by atoms with Crippen LogP contribution in [0.2, 0.25) is 5.02 Å². The summed E-state index contributed by atoms with van der Waals surface area (Å²) in [6, 6.07) is 19.7. The number of halogens is 1. The fourth-order valence-corrected chi connectivity index (χ4v) is 3.71. The minimum Gasteiger partial charge on any atom is -0.366 e. The number of nitrogens with zero attached hydrogens (tertiary/aromatic N) is 4. The van der Waals surface area contributed by atoms with Crippen molar-refractivity contribution in [3.05, 3.63) is 107 Å². The van der Waals surface area contributed by atoms with Crippen molar-refractivity contribution >= 4 is 41.1 Å². The molecule has 0 bridgehead atoms. The van der Waals surface area contributed by atoms with E-state index in [0.29, 0.717) is 27.5 Å². The van der Waals surface area contributed by atoms with Gasteiger partial charge >= 0.3 is 0 Å². The standard InChI is InChI=1S/C26H22ClN7O3/c27-20-9-12-23(34-16-29-32-33-34)19(15-20)8-13-24(35)31-22(14-17-4-2-1-3-5-17)26(37)30-21-10-6-18(7-11-21)25(28)36/h1-13,15-16,22H,14H2,(H2,28,36)(H,30,37)(H,31,35)/b13-8+. The molecule has 3 amide bonds. The quantitative estimate of drug-likeness (QED) is 0.292. The van der Waals surface area contributed by atoms with E-state index in [9.17, 15) is 14.4 Å². The summed E-state index contributed by atoms with van der Waals surface area (Å²) in [6.07, 6.45) is 4.57. The average Bonchev–Trinajstić information content (AvgIpc) is 3.43. The van der Waals surface area contributed by atoms with E-state index in [1.807, 2.05) is 30.3 Å². The zero-order valence-corrected chi connectivity index (χ0v) is 20.2. The summed E-state index contributed by atoms with van der Waals surface area (Å²) in [4.78, 5) is 37.3. The largest absolute Gasteiger partial charge is 0.366 e. The van der Waals surface area contributed by atoms with Crippen LogP contribution in [0.3, 0.4) is 0 Å². The highest BCUT2D eigenvalue weighted by Gasteiger charge is 2.21. The first-order valence-electron chi connectivity index (χ1n) is 11.1. The zero-order valence-electron chi connectivity index (χ0n) is 19.4. The van der Waals surface area contributed by atoms with E-state index in [1.54, 1.807) is 36.4 Å². The maximum Gasteiger partial charge on any atom is 0.248 e. The molecule has 0 saturated heterocycles. The zero-order chi connectivity index (χ0) is 26.2. The normalized spacial score (nSPS) is 11.7. The van der Waals surface area contributed by atoms with E-state index in [-0.39, 0.29) is 6.42 Å². The van der Waals surface area contributed by atoms with Crippen LogP contribution in [0.15, 0.2) is 85.2 Å². The summed E-state index contributed by atoms with van der Waals surface area (Å²) in [5.41, 5.74) is 8.15. The molecule has 0 saturated carbocycles. The van der Waals surface area contributed by atoms with Crippen LogP contribution in [0, 0.1) is 0 Å². The molecule has 4 N–H and O–H groups in total. The van der Waals surface area contributed by atoms with Crippen molar-refractivity contribution in [1.29, 1.82) is 0 Å². The van der Waals surface area contributed by atoms with Gasteiger partial charge in [0, 0.05) is 34.3 Å². The highest BCUT2D eigenvalue weighted by atomic mass is 35.5. The monoisotopic (exact) mass is 515 g/mol. The highest BCUT2D eigenvalue weighted by Crippen LogP contribution is 2.20. The lowest BCUT2D eigenvalue weighted by Crippen LogP contribution is -2.44. The number of rotatable bonds is 9. The minimum absolute atomic E-state index is 0.263. The van der Waals surface area contributed by atoms with Gasteiger partial charge in [0.25, 0.3) is 0 Å². The molecule has 4 aromatic rings. The lowest BCUT2D eigenvalue weighted by atomic mass is 10.0. The molecule has 0 aliphatic heterocycles. The molecule has 4 rings (SSSR count). The number of benzene rings is 3. The van der Waals surface area contributed by atoms with Crippen molar-refractivity contribution in [3.63, 3.8) is 0 Å². The predicted molar refractivity (Wildman–Crippen MR) is 139 cm³/mol. The Morgan fingerprint density at radius 1 is 1.03 bits per heavy atom. The molecular formula is C26H22ClN7O3. The molecule has 1 atom stereocenters. The summed E-state index contributed by atoms with van der Waals surface area (Å²) in [7, 11) is 0. The number of aromatic nitrogens is 4. The maximum atomic E-state index is 13.1. The first-order valence-corrected chi connectivity index (χ1v) is 11.5. The fraction of sp³-hybridized carbons (Fsp3) is 0.0769. The molecule has 0 fully saturated rings. The summed E-state index contributed by atoms with van der Waals surface area (Å²) >= 11 is 6.14. The van der Waals surface area contributed by atoms with Gasteiger partial charge in [0.05, 0.1) is 5.69 Å². The average molecular weight is 516 g/mol. The van der Waals surface area contributed by atoms with Crippen molar-refractivity contribution < 1.29 is 14.4 Å². The third-order valence-corrected chi connectivity index (χ3v) is 5.59. The molecule has 1 unspecified atom stereocenters. The number of nitrogens with one attached hydrogen (secondary N) is 2. The molecular weight excluding hydrogens is 494 g/mol. The summed E-state index contributed by atoms with van der Waals surface area (Å²) in [5, 5.41) is 17.1. The lowest BCUT2D eigenvalue weighted by molar-refractivity contribution is -0.123. The molecule has 0 aliphatic carbocycles. The van der Waals surface area contributed by atoms with Gasteiger partial charge in [-0.25, -0.2) is 0 Å². The van der Waals surface area contributed by atoms with Crippen LogP contribution in [-0.2, 0) is 16.0 Å². The van der Waals surface area contributed by atoms with E-state index in [4.69, 9.17) is 17.3 Å². The molecule has 0 aliphatic rings. The van der Waals surface area contributed by atoms with E-state index in [2.05, 4.69) is 26.2 Å². The van der Waals surface area contributed by atoms with Crippen LogP contribution in [0.1, 0.15) is 21.5 Å². The van der Waals surface area contributed by atoms with E-state index < -0.39 is 23.8 Å². The third kappa shape index (κ3) is 6.86. The Morgan fingerprint density at radius 2 is 1.78 bits per heavy atom. The van der Waals surface area contributed by atoms with Gasteiger partial charge in [-0.1, -0.05) is 41.9 Å². The first-order chi connectivity index (χ1) is 17.9. The summed E-state index contributed by atoms with van der Waals surface area (Å²) in [6.45, 7) is 0. The van der Waals surface area contributed by atoms with Crippen LogP contribution in [0.5, 0.6) is 0 Å². The molecule has 0 spiro atoms. The predicted octanol–water partition coefficient (Wildman–Crippen LogP) is 2.79. The highest BCUT2D eigenvalue weighted by molar-refractivity contribution is 6.30. The number of hydrogen-bond donors (Lipinski definition) is 3. The number of primary amides is 1. The number of hydrogen-bond acceptors (Lipinski definition) is 6. The van der Waals surface area contributed by atoms with Gasteiger partial charge in [0.2, 0.25) is 17.7 Å². The number of carbonyl (C=O) groups is 3. The molecule has 0 radical (unpaired) electrons. The number of tetrazole rings is 1. The van der Waals surface area contributed by atoms with Crippen LogP contribution < -0.4 is 16.4 Å².